The molecule has 0 heterocycles. The van der Waals surface area contributed by atoms with Crippen LogP contribution in [0.4, 0.5) is 5.69 Å². The lowest BCUT2D eigenvalue weighted by Gasteiger charge is -2.23. The number of hydrazine groups is 1. The molecule has 0 aromatic heterocycles. The van der Waals surface area contributed by atoms with Crippen LogP contribution < -0.4 is 32.0 Å². The van der Waals surface area contributed by atoms with Gasteiger partial charge in [-0.2, -0.15) is 5.43 Å². The van der Waals surface area contributed by atoms with Crippen molar-refractivity contribution in [2.75, 3.05) is 61.9 Å². The van der Waals surface area contributed by atoms with Gasteiger partial charge in [-0.1, -0.05) is 238 Å². The molecule has 83 heavy (non-hydrogen) atoms. The topological polar surface area (TPSA) is 170 Å². The number of anilines is 1. The molecule has 0 saturated carbocycles. The molecule has 0 saturated heterocycles. The van der Waals surface area contributed by atoms with Crippen molar-refractivity contribution in [3.63, 3.8) is 0 Å². The first-order chi connectivity index (χ1) is 36.0. The van der Waals surface area contributed by atoms with E-state index in [0.29, 0.717) is 24.4 Å². The first-order valence-electron chi connectivity index (χ1n) is 26.5. The van der Waals surface area contributed by atoms with E-state index >= 15 is 0 Å². The van der Waals surface area contributed by atoms with Crippen LogP contribution in [0.5, 0.6) is 0 Å². The largest absolute Gasteiger partial charge is 0.417 e. The quantitative estimate of drug-likeness (QED) is 0.00818. The van der Waals surface area contributed by atoms with Crippen molar-refractivity contribution < 1.29 is 28.5 Å². The highest BCUT2D eigenvalue weighted by Gasteiger charge is 2.32. The number of nitrogens with one attached hydrogen (secondary N) is 6. The van der Waals surface area contributed by atoms with Crippen molar-refractivity contribution in [2.24, 2.45) is 0 Å². The van der Waals surface area contributed by atoms with Crippen molar-refractivity contribution in [3.05, 3.63) is 47.5 Å². The third-order valence-corrected chi connectivity index (χ3v) is 23.4. The predicted octanol–water partition coefficient (Wildman–Crippen LogP) is 18.8. The second kappa shape index (κ2) is 49.7. The number of para-hydroxylation sites is 1. The van der Waals surface area contributed by atoms with Gasteiger partial charge in [0.1, 0.15) is 4.87 Å². The molecule has 26 heteroatoms. The molecule has 6 N–H and O–H groups in total. The van der Waals surface area contributed by atoms with Gasteiger partial charge in [-0.3, -0.25) is 19.2 Å². The van der Waals surface area contributed by atoms with Crippen molar-refractivity contribution in [3.8, 4) is 0 Å². The van der Waals surface area contributed by atoms with Crippen LogP contribution in [0, 0.1) is 4.91 Å². The number of rotatable bonds is 30. The minimum Gasteiger partial charge on any atom is -0.417 e. The fourth-order valence-electron chi connectivity index (χ4n) is 4.41. The van der Waals surface area contributed by atoms with E-state index in [1.54, 1.807) is 35.4 Å². The summed E-state index contributed by atoms with van der Waals surface area (Å²) in [6.45, 7) is 50.6. The molecule has 0 radical (unpaired) electrons. The Labute approximate surface area is 579 Å². The molecule has 2 atom stereocenters. The highest BCUT2D eigenvalue weighted by molar-refractivity contribution is 9.10. The lowest BCUT2D eigenvalue weighted by atomic mass is 10.2. The molecule has 0 aliphatic heterocycles. The Hall–Kier alpha value is 1.01. The third-order valence-electron chi connectivity index (χ3n) is 8.71. The fourth-order valence-corrected chi connectivity index (χ4v) is 13.6. The van der Waals surface area contributed by atoms with E-state index in [4.69, 9.17) is 16.0 Å². The smallest absolute Gasteiger partial charge is 0.290 e. The van der Waals surface area contributed by atoms with E-state index in [2.05, 4.69) is 194 Å². The molecule has 1 aromatic carbocycles. The molecule has 0 aliphatic rings. The van der Waals surface area contributed by atoms with Gasteiger partial charge in [-0.15, -0.1) is 11.6 Å². The van der Waals surface area contributed by atoms with Gasteiger partial charge in [-0.25, -0.2) is 0 Å². The monoisotopic (exact) mass is 1640 g/mol. The molecule has 0 aliphatic carbocycles. The summed E-state index contributed by atoms with van der Waals surface area (Å²) < 4.78 is 4.79. The Morgan fingerprint density at radius 1 is 0.602 bits per heavy atom. The zero-order valence-electron chi connectivity index (χ0n) is 51.8. The van der Waals surface area contributed by atoms with E-state index < -0.39 is 25.7 Å². The first-order valence-corrected chi connectivity index (χ1v) is 41.1. The van der Waals surface area contributed by atoms with Crippen LogP contribution in [-0.4, -0.2) is 135 Å². The van der Waals surface area contributed by atoms with Gasteiger partial charge in [0.05, 0.1) is 34.6 Å². The minimum absolute atomic E-state index is 0. The summed E-state index contributed by atoms with van der Waals surface area (Å²) in [7, 11) is 9.36. The molecule has 0 fully saturated rings. The van der Waals surface area contributed by atoms with Crippen molar-refractivity contribution in [2.45, 2.75) is 228 Å². The van der Waals surface area contributed by atoms with Crippen LogP contribution in [0.1, 0.15) is 167 Å². The lowest BCUT2D eigenvalue weighted by Crippen LogP contribution is -2.40. The van der Waals surface area contributed by atoms with Crippen molar-refractivity contribution in [1.82, 2.24) is 26.7 Å². The number of carbonyl (C=O) groups is 4. The van der Waals surface area contributed by atoms with Gasteiger partial charge in [-0.05, 0) is 99.5 Å². The minimum atomic E-state index is -1.73. The van der Waals surface area contributed by atoms with E-state index in [-0.39, 0.29) is 65.6 Å². The molecule has 0 spiro atoms. The van der Waals surface area contributed by atoms with E-state index in [1.165, 1.54) is 0 Å². The number of hydrogen-bond acceptors (Lipinski definition) is 13. The number of amides is 4. The molecule has 0 bridgehead atoms. The Bertz CT molecular complexity index is 1860. The third kappa shape index (κ3) is 68.8. The van der Waals surface area contributed by atoms with Gasteiger partial charge >= 0.3 is 0 Å². The second-order valence-electron chi connectivity index (χ2n) is 23.5. The number of nitrogens with zero attached hydrogens (tertiary/aromatic N) is 1. The van der Waals surface area contributed by atoms with Gasteiger partial charge in [0, 0.05) is 105 Å². The first kappa shape index (κ1) is 97.6. The van der Waals surface area contributed by atoms with Crippen LogP contribution in [0.15, 0.2) is 42.6 Å². The summed E-state index contributed by atoms with van der Waals surface area (Å²) in [5, 5.41) is 14.6. The zero-order chi connectivity index (χ0) is 63.4. The molecular formula is C57H114Br5ClN7O6S6Si+. The standard InChI is InChI=1S/C15H31Br2N3O3Si.C10H20BrNOS2.C10H12BrNO.C10H20ClNS2.C9H18BrNOS2.3CH4/c1-14(2,16)13(21)18-9-7-11-23-24(5,6)12-8-10-19-20(22)15(3,4)17;1-9(2,3)15-14-7-6-12-8(13)10(4,5)11;1-10(2,11)9(13)12-8-6-4-3-5-7-8;1-8(11)9(2)12-6-7-13-14-10(3,4)5;1-7(10)8(12)11-5-6-13-14-9(2,3)4;;;/h7-12H2,1-6H3,(H-,18,19,21,22);6-7H2,1-5H3,(H,12,13);3-7H,1-2H3,(H,12,13);8,12H,2,6-7H2,1,3-5H3;7H,5-6H2,1-4H3,(H,11,12);3*1H4/p+1. The Morgan fingerprint density at radius 3 is 1.33 bits per heavy atom. The Balaban J connectivity index is -0.000000176. The lowest BCUT2D eigenvalue weighted by molar-refractivity contribution is -0.644. The van der Waals surface area contributed by atoms with Crippen LogP contribution in [0.3, 0.4) is 0 Å². The van der Waals surface area contributed by atoms with E-state index in [0.717, 1.165) is 72.0 Å². The van der Waals surface area contributed by atoms with Gasteiger partial charge in [0.15, 0.2) is 8.32 Å². The van der Waals surface area contributed by atoms with Crippen molar-refractivity contribution in [1.29, 1.82) is 0 Å². The summed E-state index contributed by atoms with van der Waals surface area (Å²) in [6.07, 6.45) is 1.70. The summed E-state index contributed by atoms with van der Waals surface area (Å²) in [6, 6.07) is 10.4. The second-order valence-corrected chi connectivity index (χ2v) is 47.4. The fraction of sp³-hybridized carbons (Fsp3) is 0.789. The molecule has 494 valence electrons. The molecule has 1 rings (SSSR count). The number of benzene rings is 1. The molecule has 1 aromatic rings. The number of hydrogen-bond donors (Lipinski definition) is 6. The highest BCUT2D eigenvalue weighted by atomic mass is 79.9. The van der Waals surface area contributed by atoms with E-state index in [9.17, 15) is 24.1 Å². The number of alkyl halides is 6. The van der Waals surface area contributed by atoms with Crippen LogP contribution >= 0.6 is 156 Å². The maximum atomic E-state index is 11.7. The average Bonchev–Trinajstić information content (AvgIpc) is 3.28. The molecular weight excluding hydrogens is 1530 g/mol. The zero-order valence-corrected chi connectivity index (χ0v) is 66.4. The summed E-state index contributed by atoms with van der Waals surface area (Å²) in [4.78, 5) is 58.1. The summed E-state index contributed by atoms with van der Waals surface area (Å²) in [5.74, 6) is 3.02. The van der Waals surface area contributed by atoms with Gasteiger partial charge < -0.3 is 31.0 Å². The van der Waals surface area contributed by atoms with Crippen LogP contribution in [0.2, 0.25) is 19.1 Å². The Kier molecular flexibility index (Phi) is 58.4. The SMILES string of the molecule is C.C.C.C=C(NCCSSC(C)(C)C)C(C)Cl.CC(Br)C(=O)NCCSSC(C)(C)C.CC(C)(Br)C(=O)NCCCO[Si](C)(C)CCCN[N+](=O)C(C)(C)Br.CC(C)(Br)C(=O)Nc1ccccc1.CC(C)(C)SSCCNC(=O)C(C)(C)Br. The Morgan fingerprint density at radius 2 is 0.976 bits per heavy atom. The normalized spacial score (nSPS) is 12.4. The van der Waals surface area contributed by atoms with Crippen LogP contribution in [0.25, 0.3) is 0 Å². The van der Waals surface area contributed by atoms with Crippen LogP contribution in [-0.2, 0) is 23.6 Å². The van der Waals surface area contributed by atoms with E-state index in [1.807, 2.05) is 129 Å². The molecule has 4 amide bonds. The number of nitroso groups, excluding NO2 is 1. The number of carbonyl (C=O) groups excluding carboxylic acids is 4. The summed E-state index contributed by atoms with van der Waals surface area (Å²) in [5.41, 5.74) is 4.57. The predicted molar refractivity (Wildman–Crippen MR) is 406 cm³/mol. The van der Waals surface area contributed by atoms with Gasteiger partial charge in [0.2, 0.25) is 23.6 Å². The molecule has 2 unspecified atom stereocenters. The number of halogens is 6. The van der Waals surface area contributed by atoms with Crippen molar-refractivity contribution >= 4 is 194 Å². The average molecular weight is 1650 g/mol. The maximum absolute atomic E-state index is 11.7. The number of allylic oxidation sites excluding steroid dienone is 1. The molecule has 13 nitrogen and oxygen atoms in total. The van der Waals surface area contributed by atoms with Gasteiger partial charge in [0.25, 0.3) is 4.45 Å². The highest BCUT2D eigenvalue weighted by Crippen LogP contribution is 2.36. The summed E-state index contributed by atoms with van der Waals surface area (Å²) >= 11 is 22.3. The maximum Gasteiger partial charge on any atom is 0.290 e.